The maximum absolute atomic E-state index is 11.1. The first-order chi connectivity index (χ1) is 7.20. The van der Waals surface area contributed by atoms with Crippen molar-refractivity contribution in [3.63, 3.8) is 0 Å². The Labute approximate surface area is 99.7 Å². The third-order valence-electron chi connectivity index (χ3n) is 3.91. The zero-order valence-corrected chi connectivity index (χ0v) is 10.8. The molecule has 2 saturated heterocycles. The van der Waals surface area contributed by atoms with Crippen molar-refractivity contribution in [2.75, 3.05) is 18.9 Å². The fourth-order valence-electron chi connectivity index (χ4n) is 3.00. The number of hydrogen-bond donors (Lipinski definition) is 1. The zero-order chi connectivity index (χ0) is 10.8. The minimum Gasteiger partial charge on any atom is -0.355 e. The molecule has 1 amide bonds. The number of hydrogen-bond acceptors (Lipinski definition) is 2. The first-order valence-electron chi connectivity index (χ1n) is 5.75. The Morgan fingerprint density at radius 2 is 2.00 bits per heavy atom. The minimum atomic E-state index is 0.112. The van der Waals surface area contributed by atoms with Crippen LogP contribution in [0.3, 0.4) is 0 Å². The number of fused-ring (bicyclic) bond motifs is 2. The molecular formula is C11H19BrN2O. The predicted molar refractivity (Wildman–Crippen MR) is 64.1 cm³/mol. The van der Waals surface area contributed by atoms with E-state index in [4.69, 9.17) is 0 Å². The van der Waals surface area contributed by atoms with Gasteiger partial charge in [-0.1, -0.05) is 15.9 Å². The summed E-state index contributed by atoms with van der Waals surface area (Å²) >= 11 is 3.17. The van der Waals surface area contributed by atoms with Gasteiger partial charge < -0.3 is 10.2 Å². The third-order valence-corrected chi connectivity index (χ3v) is 4.41. The molecule has 0 spiro atoms. The number of carbonyl (C=O) groups is 1. The van der Waals surface area contributed by atoms with E-state index < -0.39 is 0 Å². The summed E-state index contributed by atoms with van der Waals surface area (Å²) in [7, 11) is 2.25. The lowest BCUT2D eigenvalue weighted by Gasteiger charge is -2.36. The molecule has 2 bridgehead atoms. The van der Waals surface area contributed by atoms with Gasteiger partial charge in [0.05, 0.1) is 5.33 Å². The Bertz CT molecular complexity index is 233. The second-order valence-electron chi connectivity index (χ2n) is 4.83. The largest absolute Gasteiger partial charge is 0.355 e. The number of nitrogens with zero attached hydrogens (tertiary/aromatic N) is 1. The van der Waals surface area contributed by atoms with Gasteiger partial charge in [0.1, 0.15) is 0 Å². The average molecular weight is 275 g/mol. The molecule has 0 aromatic rings. The van der Waals surface area contributed by atoms with Gasteiger partial charge >= 0.3 is 0 Å². The summed E-state index contributed by atoms with van der Waals surface area (Å²) in [6, 6.07) is 1.55. The summed E-state index contributed by atoms with van der Waals surface area (Å²) in [5.41, 5.74) is 0. The van der Waals surface area contributed by atoms with Crippen molar-refractivity contribution >= 4 is 21.8 Å². The molecule has 0 aliphatic carbocycles. The normalized spacial score (nSPS) is 35.5. The fourth-order valence-corrected chi connectivity index (χ4v) is 3.19. The van der Waals surface area contributed by atoms with E-state index in [-0.39, 0.29) is 5.91 Å². The van der Waals surface area contributed by atoms with Crippen LogP contribution < -0.4 is 5.32 Å². The SMILES string of the molecule is CN1C2CCC1CC(CNC(=O)CBr)C2. The number of carbonyl (C=O) groups excluding carboxylic acids is 1. The Balaban J connectivity index is 1.79. The molecule has 2 aliphatic rings. The van der Waals surface area contributed by atoms with Crippen LogP contribution >= 0.6 is 15.9 Å². The molecule has 2 fully saturated rings. The van der Waals surface area contributed by atoms with E-state index in [0.717, 1.165) is 18.6 Å². The van der Waals surface area contributed by atoms with E-state index in [1.54, 1.807) is 0 Å². The van der Waals surface area contributed by atoms with E-state index in [0.29, 0.717) is 11.2 Å². The highest BCUT2D eigenvalue weighted by molar-refractivity contribution is 9.09. The van der Waals surface area contributed by atoms with Gasteiger partial charge in [0.25, 0.3) is 0 Å². The Kier molecular flexibility index (Phi) is 3.67. The molecule has 3 nitrogen and oxygen atoms in total. The Hall–Kier alpha value is -0.0900. The Morgan fingerprint density at radius 3 is 2.53 bits per heavy atom. The van der Waals surface area contributed by atoms with Crippen LogP contribution in [0.4, 0.5) is 0 Å². The van der Waals surface area contributed by atoms with Crippen LogP contribution in [-0.2, 0) is 4.79 Å². The van der Waals surface area contributed by atoms with Crippen LogP contribution in [0, 0.1) is 5.92 Å². The van der Waals surface area contributed by atoms with E-state index in [1.807, 2.05) is 0 Å². The molecule has 2 heterocycles. The third kappa shape index (κ3) is 2.53. The van der Waals surface area contributed by atoms with Gasteiger partial charge in [0.2, 0.25) is 5.91 Å². The topological polar surface area (TPSA) is 32.3 Å². The molecule has 0 saturated carbocycles. The van der Waals surface area contributed by atoms with Gasteiger partial charge in [0.15, 0.2) is 0 Å². The first-order valence-corrected chi connectivity index (χ1v) is 6.87. The van der Waals surface area contributed by atoms with Crippen LogP contribution in [0.25, 0.3) is 0 Å². The van der Waals surface area contributed by atoms with E-state index >= 15 is 0 Å². The molecule has 15 heavy (non-hydrogen) atoms. The molecule has 1 N–H and O–H groups in total. The van der Waals surface area contributed by atoms with Crippen molar-refractivity contribution in [2.24, 2.45) is 5.92 Å². The first kappa shape index (κ1) is 11.4. The summed E-state index contributed by atoms with van der Waals surface area (Å²) in [5.74, 6) is 0.808. The van der Waals surface area contributed by atoms with E-state index in [1.165, 1.54) is 25.7 Å². The molecule has 0 aromatic heterocycles. The highest BCUT2D eigenvalue weighted by Gasteiger charge is 2.38. The fraction of sp³-hybridized carbons (Fsp3) is 0.909. The molecular weight excluding hydrogens is 256 g/mol. The average Bonchev–Trinajstić information content (AvgIpc) is 2.50. The van der Waals surface area contributed by atoms with Crippen molar-refractivity contribution in [3.8, 4) is 0 Å². The van der Waals surface area contributed by atoms with Gasteiger partial charge in [-0.2, -0.15) is 0 Å². The highest BCUT2D eigenvalue weighted by Crippen LogP contribution is 2.36. The smallest absolute Gasteiger partial charge is 0.230 e. The number of amides is 1. The zero-order valence-electron chi connectivity index (χ0n) is 9.21. The summed E-state index contributed by atoms with van der Waals surface area (Å²) in [6.07, 6.45) is 5.22. The summed E-state index contributed by atoms with van der Waals surface area (Å²) in [5, 5.41) is 3.40. The molecule has 2 atom stereocenters. The predicted octanol–water partition coefficient (Wildman–Crippen LogP) is 1.37. The molecule has 2 rings (SSSR count). The second-order valence-corrected chi connectivity index (χ2v) is 5.39. The van der Waals surface area contributed by atoms with Crippen LogP contribution in [-0.4, -0.2) is 41.8 Å². The number of alkyl halides is 1. The van der Waals surface area contributed by atoms with Crippen molar-refractivity contribution in [1.82, 2.24) is 10.2 Å². The maximum Gasteiger partial charge on any atom is 0.230 e. The summed E-state index contributed by atoms with van der Waals surface area (Å²) in [6.45, 7) is 0.866. The molecule has 2 unspecified atom stereocenters. The molecule has 2 aliphatic heterocycles. The van der Waals surface area contributed by atoms with Crippen LogP contribution in [0.15, 0.2) is 0 Å². The standard InChI is InChI=1S/C11H19BrN2O/c1-14-9-2-3-10(14)5-8(4-9)7-13-11(15)6-12/h8-10H,2-7H2,1H3,(H,13,15). The molecule has 4 heteroatoms. The van der Waals surface area contributed by atoms with Gasteiger partial charge in [-0.05, 0) is 38.6 Å². The number of halogens is 1. The summed E-state index contributed by atoms with van der Waals surface area (Å²) < 4.78 is 0. The van der Waals surface area contributed by atoms with Crippen LogP contribution in [0.1, 0.15) is 25.7 Å². The maximum atomic E-state index is 11.1. The summed E-state index contributed by atoms with van der Waals surface area (Å²) in [4.78, 5) is 13.7. The number of nitrogens with one attached hydrogen (secondary N) is 1. The van der Waals surface area contributed by atoms with E-state index in [9.17, 15) is 4.79 Å². The second kappa shape index (κ2) is 4.83. The van der Waals surface area contributed by atoms with Crippen molar-refractivity contribution < 1.29 is 4.79 Å². The van der Waals surface area contributed by atoms with Crippen molar-refractivity contribution in [2.45, 2.75) is 37.8 Å². The Morgan fingerprint density at radius 1 is 1.40 bits per heavy atom. The van der Waals surface area contributed by atoms with Gasteiger partial charge in [-0.15, -0.1) is 0 Å². The molecule has 86 valence electrons. The van der Waals surface area contributed by atoms with Gasteiger partial charge in [-0.25, -0.2) is 0 Å². The lowest BCUT2D eigenvalue weighted by molar-refractivity contribution is -0.118. The van der Waals surface area contributed by atoms with Crippen LogP contribution in [0.2, 0.25) is 0 Å². The van der Waals surface area contributed by atoms with Crippen molar-refractivity contribution in [1.29, 1.82) is 0 Å². The minimum absolute atomic E-state index is 0.112. The van der Waals surface area contributed by atoms with Gasteiger partial charge in [-0.3, -0.25) is 4.79 Å². The number of rotatable bonds is 3. The number of piperidine rings is 1. The monoisotopic (exact) mass is 274 g/mol. The molecule has 0 aromatic carbocycles. The van der Waals surface area contributed by atoms with E-state index in [2.05, 4.69) is 33.2 Å². The lowest BCUT2D eigenvalue weighted by atomic mass is 9.91. The lowest BCUT2D eigenvalue weighted by Crippen LogP contribution is -2.43. The quantitative estimate of drug-likeness (QED) is 0.789. The highest BCUT2D eigenvalue weighted by atomic mass is 79.9. The molecule has 0 radical (unpaired) electrons. The van der Waals surface area contributed by atoms with Crippen molar-refractivity contribution in [3.05, 3.63) is 0 Å². The van der Waals surface area contributed by atoms with Gasteiger partial charge in [0, 0.05) is 18.6 Å². The van der Waals surface area contributed by atoms with Crippen LogP contribution in [0.5, 0.6) is 0 Å².